The third-order valence-corrected chi connectivity index (χ3v) is 9.22. The Balaban J connectivity index is 1.21. The zero-order valence-corrected chi connectivity index (χ0v) is 23.2. The van der Waals surface area contributed by atoms with Crippen molar-refractivity contribution in [3.8, 4) is 5.75 Å². The molecule has 39 heavy (non-hydrogen) atoms. The summed E-state index contributed by atoms with van der Waals surface area (Å²) in [6.07, 6.45) is 15.9. The molecule has 0 bridgehead atoms. The number of unbranched alkanes of at least 4 members (excludes halogenated alkanes) is 5. The van der Waals surface area contributed by atoms with Crippen LogP contribution in [-0.4, -0.2) is 0 Å². The third kappa shape index (κ3) is 8.20. The quantitative estimate of drug-likeness (QED) is 0.145. The second-order valence-electron chi connectivity index (χ2n) is 11.9. The molecule has 216 valence electrons. The van der Waals surface area contributed by atoms with Gasteiger partial charge in [-0.05, 0) is 79.9 Å². The highest BCUT2D eigenvalue weighted by Gasteiger charge is 2.36. The van der Waals surface area contributed by atoms with Crippen LogP contribution in [0.25, 0.3) is 0 Å². The van der Waals surface area contributed by atoms with Gasteiger partial charge >= 0.3 is 6.11 Å². The van der Waals surface area contributed by atoms with Crippen LogP contribution < -0.4 is 4.74 Å². The van der Waals surface area contributed by atoms with Crippen molar-refractivity contribution in [2.45, 2.75) is 115 Å². The maximum absolute atomic E-state index is 14.6. The Morgan fingerprint density at radius 1 is 0.718 bits per heavy atom. The van der Waals surface area contributed by atoms with Crippen molar-refractivity contribution in [1.29, 1.82) is 0 Å². The van der Waals surface area contributed by atoms with Crippen LogP contribution in [0.5, 0.6) is 5.75 Å². The van der Waals surface area contributed by atoms with E-state index in [0.29, 0.717) is 18.1 Å². The monoisotopic (exact) mass is 550 g/mol. The van der Waals surface area contributed by atoms with Gasteiger partial charge in [0.25, 0.3) is 0 Å². The molecule has 2 fully saturated rings. The molecule has 2 aromatic carbocycles. The summed E-state index contributed by atoms with van der Waals surface area (Å²) in [7, 11) is 0. The lowest BCUT2D eigenvalue weighted by Crippen LogP contribution is -2.25. The van der Waals surface area contributed by atoms with Crippen LogP contribution in [0.4, 0.5) is 22.0 Å². The molecule has 2 saturated carbocycles. The molecule has 6 heteroatoms. The summed E-state index contributed by atoms with van der Waals surface area (Å²) in [5, 5.41) is 0. The smallest absolute Gasteiger partial charge is 0.426 e. The summed E-state index contributed by atoms with van der Waals surface area (Å²) in [4.78, 5) is 0. The molecule has 2 aromatic rings. The molecule has 2 aliphatic carbocycles. The third-order valence-electron chi connectivity index (χ3n) is 9.22. The van der Waals surface area contributed by atoms with Gasteiger partial charge in [0, 0.05) is 12.1 Å². The maximum atomic E-state index is 14.6. The molecule has 0 unspecified atom stereocenters. The van der Waals surface area contributed by atoms with Gasteiger partial charge in [-0.15, -0.1) is 0 Å². The van der Waals surface area contributed by atoms with E-state index in [4.69, 9.17) is 0 Å². The molecule has 0 heterocycles. The van der Waals surface area contributed by atoms with Crippen molar-refractivity contribution >= 4 is 0 Å². The fourth-order valence-electron chi connectivity index (χ4n) is 6.83. The summed E-state index contributed by atoms with van der Waals surface area (Å²) in [6, 6.07) is 6.86. The van der Waals surface area contributed by atoms with Crippen LogP contribution in [0.1, 0.15) is 120 Å². The van der Waals surface area contributed by atoms with Gasteiger partial charge in [0.2, 0.25) is 0 Å². The molecule has 0 atom stereocenters. The predicted molar refractivity (Wildman–Crippen MR) is 145 cm³/mol. The topological polar surface area (TPSA) is 9.23 Å². The Labute approximate surface area is 230 Å². The number of benzene rings is 2. The first-order chi connectivity index (χ1) is 18.8. The van der Waals surface area contributed by atoms with E-state index in [2.05, 4.69) is 11.7 Å². The molecule has 0 spiro atoms. The van der Waals surface area contributed by atoms with Gasteiger partial charge in [0.15, 0.2) is 17.5 Å². The van der Waals surface area contributed by atoms with Gasteiger partial charge in [0.05, 0.1) is 5.56 Å². The van der Waals surface area contributed by atoms with Gasteiger partial charge in [0.1, 0.15) is 5.75 Å². The number of hydrogen-bond donors (Lipinski definition) is 0. The number of alkyl halides is 2. The largest absolute Gasteiger partial charge is 0.429 e. The van der Waals surface area contributed by atoms with E-state index in [-0.39, 0.29) is 0 Å². The minimum absolute atomic E-state index is 0.356. The Bertz CT molecular complexity index is 998. The van der Waals surface area contributed by atoms with Crippen molar-refractivity contribution < 1.29 is 26.7 Å². The Hall–Kier alpha value is -2.11. The lowest BCUT2D eigenvalue weighted by Gasteiger charge is -2.38. The zero-order valence-electron chi connectivity index (χ0n) is 23.2. The molecule has 0 aliphatic heterocycles. The van der Waals surface area contributed by atoms with Gasteiger partial charge in [-0.25, -0.2) is 13.2 Å². The highest BCUT2D eigenvalue weighted by atomic mass is 19.3. The SMILES string of the molecule is CCCCCCCC[C@H]1CC[C@H](C2CCC(c3ccc(C(F)(F)Oc4cc(F)c(F)c(F)c4)cc3)CC2)CC1. The first-order valence-electron chi connectivity index (χ1n) is 15.1. The van der Waals surface area contributed by atoms with Gasteiger partial charge in [-0.2, -0.15) is 8.78 Å². The first kappa shape index (κ1) is 29.9. The summed E-state index contributed by atoms with van der Waals surface area (Å²) < 4.78 is 73.7. The molecule has 4 rings (SSSR count). The van der Waals surface area contributed by atoms with E-state index in [1.54, 1.807) is 12.1 Å². The summed E-state index contributed by atoms with van der Waals surface area (Å²) in [5.74, 6) is -2.74. The Kier molecular flexibility index (Phi) is 10.7. The van der Waals surface area contributed by atoms with Crippen molar-refractivity contribution in [3.05, 3.63) is 65.0 Å². The van der Waals surface area contributed by atoms with Crippen LogP contribution in [-0.2, 0) is 6.11 Å². The normalized spacial score (nSPS) is 24.1. The van der Waals surface area contributed by atoms with Crippen molar-refractivity contribution in [3.63, 3.8) is 0 Å². The number of hydrogen-bond acceptors (Lipinski definition) is 1. The van der Waals surface area contributed by atoms with E-state index in [0.717, 1.165) is 36.2 Å². The van der Waals surface area contributed by atoms with Gasteiger partial charge < -0.3 is 4.74 Å². The van der Waals surface area contributed by atoms with E-state index in [1.807, 2.05) is 0 Å². The minimum Gasteiger partial charge on any atom is -0.429 e. The standard InChI is InChI=1S/C33H43F5O/c1-2-3-4-5-6-7-8-23-9-11-24(12-10-23)25-13-15-26(16-14-25)27-17-19-28(20-18-27)33(37,38)39-29-21-30(34)32(36)31(35)22-29/h17-26H,2-16H2,1H3/t23-,24-,25?,26?. The van der Waals surface area contributed by atoms with E-state index in [9.17, 15) is 22.0 Å². The Morgan fingerprint density at radius 2 is 1.26 bits per heavy atom. The average molecular weight is 551 g/mol. The summed E-state index contributed by atoms with van der Waals surface area (Å²) >= 11 is 0. The molecular formula is C33H43F5O. The van der Waals surface area contributed by atoms with Crippen LogP contribution in [0.15, 0.2) is 36.4 Å². The highest BCUT2D eigenvalue weighted by Crippen LogP contribution is 2.45. The fraction of sp³-hybridized carbons (Fsp3) is 0.636. The van der Waals surface area contributed by atoms with Crippen molar-refractivity contribution in [2.24, 2.45) is 17.8 Å². The zero-order chi connectivity index (χ0) is 27.8. The van der Waals surface area contributed by atoms with Crippen LogP contribution in [0.3, 0.4) is 0 Å². The number of halogens is 5. The molecule has 0 amide bonds. The second kappa shape index (κ2) is 14.0. The van der Waals surface area contributed by atoms with E-state index >= 15 is 0 Å². The molecule has 0 saturated heterocycles. The van der Waals surface area contributed by atoms with Gasteiger partial charge in [-0.1, -0.05) is 76.8 Å². The number of ether oxygens (including phenoxy) is 1. The molecule has 0 aromatic heterocycles. The Morgan fingerprint density at radius 3 is 1.85 bits per heavy atom. The van der Waals surface area contributed by atoms with Crippen molar-refractivity contribution in [2.75, 3.05) is 0 Å². The average Bonchev–Trinajstić information content (AvgIpc) is 2.94. The summed E-state index contributed by atoms with van der Waals surface area (Å²) in [5.41, 5.74) is 0.623. The highest BCUT2D eigenvalue weighted by molar-refractivity contribution is 5.30. The van der Waals surface area contributed by atoms with Crippen LogP contribution in [0.2, 0.25) is 0 Å². The minimum atomic E-state index is -3.80. The second-order valence-corrected chi connectivity index (χ2v) is 11.9. The molecule has 0 N–H and O–H groups in total. The first-order valence-corrected chi connectivity index (χ1v) is 15.1. The molecule has 2 aliphatic rings. The molecule has 1 nitrogen and oxygen atoms in total. The van der Waals surface area contributed by atoms with Crippen molar-refractivity contribution in [1.82, 2.24) is 0 Å². The van der Waals surface area contributed by atoms with E-state index < -0.39 is 34.9 Å². The predicted octanol–water partition coefficient (Wildman–Crippen LogP) is 11.1. The van der Waals surface area contributed by atoms with Crippen LogP contribution in [0, 0.1) is 35.2 Å². The lowest BCUT2D eigenvalue weighted by atomic mass is 9.68. The number of rotatable bonds is 12. The molecular weight excluding hydrogens is 507 g/mol. The lowest BCUT2D eigenvalue weighted by molar-refractivity contribution is -0.185. The maximum Gasteiger partial charge on any atom is 0.426 e. The summed E-state index contributed by atoms with van der Waals surface area (Å²) in [6.45, 7) is 2.26. The van der Waals surface area contributed by atoms with Gasteiger partial charge in [-0.3, -0.25) is 0 Å². The molecule has 0 radical (unpaired) electrons. The van der Waals surface area contributed by atoms with Crippen LogP contribution >= 0.6 is 0 Å². The van der Waals surface area contributed by atoms with E-state index in [1.165, 1.54) is 95.6 Å². The fourth-order valence-corrected chi connectivity index (χ4v) is 6.83.